The van der Waals surface area contributed by atoms with E-state index in [-0.39, 0.29) is 8.42 Å². The number of benzene rings is 2. The molecule has 0 aliphatic heterocycles. The predicted octanol–water partition coefficient (Wildman–Crippen LogP) is 5.58. The number of alkyl halides is 3. The molecule has 0 fully saturated rings. The maximum absolute atomic E-state index is 14.3. The third-order valence-corrected chi connectivity index (χ3v) is 5.00. The van der Waals surface area contributed by atoms with Gasteiger partial charge in [-0.1, -0.05) is 6.07 Å². The molecule has 0 saturated carbocycles. The molecule has 1 amide bonds. The lowest BCUT2D eigenvalue weighted by Crippen LogP contribution is -2.35. The number of pyridine rings is 1. The van der Waals surface area contributed by atoms with Gasteiger partial charge in [0.05, 0.1) is 23.0 Å². The molecule has 2 aromatic carbocycles. The second-order valence-electron chi connectivity index (χ2n) is 7.14. The van der Waals surface area contributed by atoms with Gasteiger partial charge in [0.1, 0.15) is 11.6 Å². The summed E-state index contributed by atoms with van der Waals surface area (Å²) < 4.78 is 96.5. The molecule has 2 N–H and O–H groups in total. The average Bonchev–Trinajstić information content (AvgIpc) is 2.68. The summed E-state index contributed by atoms with van der Waals surface area (Å²) in [6, 6.07) is 2.77. The van der Waals surface area contributed by atoms with Gasteiger partial charge >= 0.3 is 6.18 Å². The van der Waals surface area contributed by atoms with Crippen molar-refractivity contribution in [2.24, 2.45) is 0 Å². The minimum Gasteiger partial charge on any atom is -0.349 e. The Bertz CT molecular complexity index is 1280. The first-order valence-electron chi connectivity index (χ1n) is 9.19. The SMILES string of the molecule is C[C@H](NC(=O)[C@@H](C)c1c(C(F)(F)F)c2c(F)c(F)ccc2[nH]c1=O)c1ccc(F)cc1F.[HH].[HH]. The Balaban J connectivity index is 0.00000289. The summed E-state index contributed by atoms with van der Waals surface area (Å²) in [5, 5.41) is 1.03. The van der Waals surface area contributed by atoms with Crippen LogP contribution in [0.15, 0.2) is 35.1 Å². The number of halogens is 7. The number of hydrogen-bond acceptors (Lipinski definition) is 2. The summed E-state index contributed by atoms with van der Waals surface area (Å²) in [7, 11) is 0. The number of carbonyl (C=O) groups is 1. The Morgan fingerprint density at radius 2 is 1.69 bits per heavy atom. The quantitative estimate of drug-likeness (QED) is 0.496. The standard InChI is InChI=1S/C21H15F7N2O2.2H2/c1-8(19(31)29-9(2)11-4-3-10(22)7-13(11)24)15-17(21(26,27)28)16-14(30-20(15)32)6-5-12(23)18(16)25;;/h3-9H,1-2H3,(H,29,31)(H,30,32);2*1H/t8-,9-;;/m0../s1. The van der Waals surface area contributed by atoms with Crippen molar-refractivity contribution in [1.82, 2.24) is 10.3 Å². The molecule has 0 aliphatic rings. The van der Waals surface area contributed by atoms with Crippen LogP contribution >= 0.6 is 0 Å². The van der Waals surface area contributed by atoms with Gasteiger partial charge in [0.15, 0.2) is 11.6 Å². The molecule has 1 heterocycles. The summed E-state index contributed by atoms with van der Waals surface area (Å²) in [6.07, 6.45) is -5.31. The zero-order valence-electron chi connectivity index (χ0n) is 16.5. The topological polar surface area (TPSA) is 62.0 Å². The fourth-order valence-corrected chi connectivity index (χ4v) is 3.44. The second kappa shape index (κ2) is 8.29. The zero-order valence-corrected chi connectivity index (χ0v) is 16.5. The maximum atomic E-state index is 14.3. The maximum Gasteiger partial charge on any atom is 0.417 e. The highest BCUT2D eigenvalue weighted by Gasteiger charge is 2.41. The van der Waals surface area contributed by atoms with Crippen molar-refractivity contribution in [2.45, 2.75) is 32.0 Å². The molecule has 0 saturated heterocycles. The number of amides is 1. The van der Waals surface area contributed by atoms with Crippen molar-refractivity contribution in [1.29, 1.82) is 0 Å². The van der Waals surface area contributed by atoms with Gasteiger partial charge in [0.2, 0.25) is 5.91 Å². The van der Waals surface area contributed by atoms with Crippen LogP contribution in [0.2, 0.25) is 0 Å². The Labute approximate surface area is 179 Å². The van der Waals surface area contributed by atoms with Crippen LogP contribution < -0.4 is 10.9 Å². The third kappa shape index (κ3) is 4.19. The molecule has 0 unspecified atom stereocenters. The van der Waals surface area contributed by atoms with E-state index in [4.69, 9.17) is 0 Å². The molecule has 32 heavy (non-hydrogen) atoms. The minimum atomic E-state index is -5.31. The fraction of sp³-hybridized carbons (Fsp3) is 0.238. The predicted molar refractivity (Wildman–Crippen MR) is 105 cm³/mol. The van der Waals surface area contributed by atoms with E-state index in [1.165, 1.54) is 6.92 Å². The van der Waals surface area contributed by atoms with E-state index in [1.54, 1.807) is 0 Å². The number of carbonyl (C=O) groups excluding carboxylic acids is 1. The molecule has 2 atom stereocenters. The molecule has 0 spiro atoms. The number of aromatic amines is 1. The normalized spacial score (nSPS) is 13.8. The number of H-pyrrole nitrogens is 1. The number of rotatable bonds is 4. The average molecular weight is 464 g/mol. The van der Waals surface area contributed by atoms with Gasteiger partial charge in [-0.25, -0.2) is 17.6 Å². The van der Waals surface area contributed by atoms with E-state index in [0.29, 0.717) is 12.1 Å². The van der Waals surface area contributed by atoms with Crippen LogP contribution in [0.25, 0.3) is 10.9 Å². The van der Waals surface area contributed by atoms with Gasteiger partial charge in [-0.3, -0.25) is 9.59 Å². The van der Waals surface area contributed by atoms with Gasteiger partial charge in [-0.2, -0.15) is 13.2 Å². The lowest BCUT2D eigenvalue weighted by atomic mass is 9.92. The van der Waals surface area contributed by atoms with Crippen LogP contribution in [0.1, 0.15) is 45.4 Å². The Kier molecular flexibility index (Phi) is 6.03. The molecule has 3 aromatic rings. The van der Waals surface area contributed by atoms with E-state index >= 15 is 0 Å². The summed E-state index contributed by atoms with van der Waals surface area (Å²) in [5.41, 5.74) is -4.97. The Morgan fingerprint density at radius 3 is 2.28 bits per heavy atom. The Morgan fingerprint density at radius 1 is 1.03 bits per heavy atom. The summed E-state index contributed by atoms with van der Waals surface area (Å²) in [6.45, 7) is 2.26. The van der Waals surface area contributed by atoms with Crippen LogP contribution in [0.3, 0.4) is 0 Å². The number of fused-ring (bicyclic) bond motifs is 1. The van der Waals surface area contributed by atoms with Crippen LogP contribution in [0, 0.1) is 23.3 Å². The molecule has 0 radical (unpaired) electrons. The zero-order chi connectivity index (χ0) is 24.0. The van der Waals surface area contributed by atoms with E-state index in [2.05, 4.69) is 5.32 Å². The van der Waals surface area contributed by atoms with Crippen LogP contribution in [-0.4, -0.2) is 10.9 Å². The molecular formula is C21H19F7N2O2. The first-order valence-corrected chi connectivity index (χ1v) is 9.19. The van der Waals surface area contributed by atoms with E-state index in [0.717, 1.165) is 25.1 Å². The smallest absolute Gasteiger partial charge is 0.349 e. The highest BCUT2D eigenvalue weighted by Crippen LogP contribution is 2.39. The fourth-order valence-electron chi connectivity index (χ4n) is 3.44. The van der Waals surface area contributed by atoms with Crippen molar-refractivity contribution < 1.29 is 38.4 Å². The lowest BCUT2D eigenvalue weighted by molar-refractivity contribution is -0.137. The van der Waals surface area contributed by atoms with Crippen molar-refractivity contribution in [3.8, 4) is 0 Å². The lowest BCUT2D eigenvalue weighted by Gasteiger charge is -2.22. The van der Waals surface area contributed by atoms with Gasteiger partial charge in [0.25, 0.3) is 5.56 Å². The molecule has 3 rings (SSSR count). The minimum absolute atomic E-state index is 0. The number of aromatic nitrogens is 1. The largest absolute Gasteiger partial charge is 0.417 e. The van der Waals surface area contributed by atoms with Crippen molar-refractivity contribution >= 4 is 16.8 Å². The molecule has 0 aliphatic carbocycles. The van der Waals surface area contributed by atoms with Crippen LogP contribution in [0.4, 0.5) is 30.7 Å². The summed E-state index contributed by atoms with van der Waals surface area (Å²) in [4.78, 5) is 27.1. The molecule has 11 heteroatoms. The van der Waals surface area contributed by atoms with Gasteiger partial charge in [0, 0.05) is 25.4 Å². The molecule has 4 nitrogen and oxygen atoms in total. The summed E-state index contributed by atoms with van der Waals surface area (Å²) in [5.74, 6) is -8.17. The first kappa shape index (κ1) is 23.3. The number of hydrogen-bond donors (Lipinski definition) is 2. The highest BCUT2D eigenvalue weighted by atomic mass is 19.4. The van der Waals surface area contributed by atoms with Crippen molar-refractivity contribution in [3.63, 3.8) is 0 Å². The van der Waals surface area contributed by atoms with Gasteiger partial charge in [-0.05, 0) is 32.0 Å². The van der Waals surface area contributed by atoms with Gasteiger partial charge in [-0.15, -0.1) is 0 Å². The highest BCUT2D eigenvalue weighted by molar-refractivity contribution is 5.89. The first-order chi connectivity index (χ1) is 14.8. The van der Waals surface area contributed by atoms with Gasteiger partial charge < -0.3 is 10.3 Å². The third-order valence-electron chi connectivity index (χ3n) is 5.00. The molecule has 0 bridgehead atoms. The summed E-state index contributed by atoms with van der Waals surface area (Å²) >= 11 is 0. The van der Waals surface area contributed by atoms with E-state index in [9.17, 15) is 40.3 Å². The molecule has 1 aromatic heterocycles. The number of nitrogens with one attached hydrogen (secondary N) is 2. The van der Waals surface area contributed by atoms with E-state index < -0.39 is 74.9 Å². The van der Waals surface area contributed by atoms with Crippen LogP contribution in [-0.2, 0) is 11.0 Å². The van der Waals surface area contributed by atoms with Crippen molar-refractivity contribution in [3.05, 3.63) is 80.6 Å². The van der Waals surface area contributed by atoms with Crippen molar-refractivity contribution in [2.75, 3.05) is 0 Å². The Hall–Kier alpha value is -3.37. The monoisotopic (exact) mass is 464 g/mol. The van der Waals surface area contributed by atoms with Crippen LogP contribution in [0.5, 0.6) is 0 Å². The van der Waals surface area contributed by atoms with E-state index in [1.807, 2.05) is 4.98 Å². The second-order valence-corrected chi connectivity index (χ2v) is 7.14. The molecule has 174 valence electrons. The molecular weight excluding hydrogens is 445 g/mol.